The van der Waals surface area contributed by atoms with Crippen molar-refractivity contribution in [3.8, 4) is 0 Å². The van der Waals surface area contributed by atoms with Gasteiger partial charge < -0.3 is 9.74 Å². The predicted octanol–water partition coefficient (Wildman–Crippen LogP) is 2.60. The molecule has 0 bridgehead atoms. The summed E-state index contributed by atoms with van der Waals surface area (Å²) in [6.45, 7) is 9.82. The lowest BCUT2D eigenvalue weighted by molar-refractivity contribution is 0.106. The Morgan fingerprint density at radius 1 is 1.08 bits per heavy atom. The van der Waals surface area contributed by atoms with Crippen molar-refractivity contribution in [3.05, 3.63) is 41.3 Å². The molecule has 0 saturated heterocycles. The third-order valence-electron chi connectivity index (χ3n) is 4.45. The monoisotopic (exact) mass is 339 g/mol. The van der Waals surface area contributed by atoms with Crippen molar-refractivity contribution in [2.45, 2.75) is 20.8 Å². The zero-order valence-electron chi connectivity index (χ0n) is 15.4. The number of likely N-dealkylation sites (N-methyl/N-ethyl adjacent to an activating group) is 1. The topological polar surface area (TPSA) is 55.5 Å². The number of hydrogen-bond acceptors (Lipinski definition) is 5. The van der Waals surface area contributed by atoms with Crippen LogP contribution in [0.15, 0.2) is 35.5 Å². The molecule has 0 amide bonds. The molecule has 0 spiro atoms. The van der Waals surface area contributed by atoms with Crippen LogP contribution in [0.1, 0.15) is 19.4 Å². The van der Waals surface area contributed by atoms with Crippen molar-refractivity contribution in [3.63, 3.8) is 0 Å². The molecule has 6 nitrogen and oxygen atoms in total. The van der Waals surface area contributed by atoms with Gasteiger partial charge in [0, 0.05) is 24.4 Å². The zero-order chi connectivity index (χ0) is 17.8. The Kier molecular flexibility index (Phi) is 5.28. The van der Waals surface area contributed by atoms with Gasteiger partial charge in [-0.1, -0.05) is 43.3 Å². The molecule has 0 atom stereocenters. The van der Waals surface area contributed by atoms with Crippen molar-refractivity contribution in [1.29, 1.82) is 0 Å². The van der Waals surface area contributed by atoms with Crippen LogP contribution in [0.25, 0.3) is 21.8 Å². The molecule has 0 radical (unpaired) electrons. The van der Waals surface area contributed by atoms with Gasteiger partial charge in [0.1, 0.15) is 23.0 Å². The summed E-state index contributed by atoms with van der Waals surface area (Å²) in [6, 6.07) is 10.2. The smallest absolute Gasteiger partial charge is 0.129 e. The second kappa shape index (κ2) is 7.61. The van der Waals surface area contributed by atoms with E-state index in [1.807, 2.05) is 32.2 Å². The molecule has 3 aromatic rings. The Balaban J connectivity index is 2.05. The van der Waals surface area contributed by atoms with E-state index in [4.69, 9.17) is 4.84 Å². The number of nitrogens with zero attached hydrogens (tertiary/aromatic N) is 5. The van der Waals surface area contributed by atoms with Crippen LogP contribution in [0.5, 0.6) is 0 Å². The molecule has 0 unspecified atom stereocenters. The molecule has 0 saturated carbocycles. The summed E-state index contributed by atoms with van der Waals surface area (Å²) in [4.78, 5) is 9.55. The van der Waals surface area contributed by atoms with Crippen molar-refractivity contribution >= 4 is 21.8 Å². The molecule has 0 fully saturated rings. The normalized spacial score (nSPS) is 12.4. The molecular weight excluding hydrogens is 314 g/mol. The Hall–Kier alpha value is -2.47. The fourth-order valence-corrected chi connectivity index (χ4v) is 3.02. The summed E-state index contributed by atoms with van der Waals surface area (Å²) in [5, 5.41) is 16.3. The molecule has 0 N–H and O–H groups in total. The Labute approximate surface area is 147 Å². The van der Waals surface area contributed by atoms with Gasteiger partial charge in [0.05, 0.1) is 0 Å². The lowest BCUT2D eigenvalue weighted by atomic mass is 10.1. The van der Waals surface area contributed by atoms with Gasteiger partial charge in [0.25, 0.3) is 0 Å². The highest BCUT2D eigenvalue weighted by Crippen LogP contribution is 2.20. The third kappa shape index (κ3) is 3.64. The standard InChI is InChI=1S/C19H25N5O/c1-5-24(6-2)11-12-25-22-17-13-14(3)18-19(21-23(4)20-18)16-10-8-7-9-15(16)17/h7-10,13H,5-6,11-12H2,1-4H3/b22-17-. The Morgan fingerprint density at radius 2 is 1.76 bits per heavy atom. The van der Waals surface area contributed by atoms with Crippen molar-refractivity contribution in [2.75, 3.05) is 26.2 Å². The van der Waals surface area contributed by atoms with Crippen molar-refractivity contribution < 1.29 is 4.84 Å². The summed E-state index contributed by atoms with van der Waals surface area (Å²) < 4.78 is 0. The number of hydrogen-bond donors (Lipinski definition) is 0. The molecule has 6 heteroatoms. The number of fused-ring (bicyclic) bond motifs is 3. The highest BCUT2D eigenvalue weighted by Gasteiger charge is 2.09. The highest BCUT2D eigenvalue weighted by atomic mass is 16.6. The summed E-state index contributed by atoms with van der Waals surface area (Å²) in [7, 11) is 1.84. The maximum absolute atomic E-state index is 5.62. The molecule has 0 aliphatic heterocycles. The van der Waals surface area contributed by atoms with E-state index in [1.54, 1.807) is 4.80 Å². The zero-order valence-corrected chi connectivity index (χ0v) is 15.4. The first-order valence-electron chi connectivity index (χ1n) is 8.76. The number of aryl methyl sites for hydroxylation is 2. The maximum Gasteiger partial charge on any atom is 0.129 e. The minimum absolute atomic E-state index is 0.574. The highest BCUT2D eigenvalue weighted by molar-refractivity contribution is 6.02. The van der Waals surface area contributed by atoms with Gasteiger partial charge >= 0.3 is 0 Å². The van der Waals surface area contributed by atoms with E-state index in [-0.39, 0.29) is 0 Å². The van der Waals surface area contributed by atoms with Crippen LogP contribution < -0.4 is 5.36 Å². The van der Waals surface area contributed by atoms with E-state index in [1.165, 1.54) is 0 Å². The summed E-state index contributed by atoms with van der Waals surface area (Å²) in [5.74, 6) is 0. The second-order valence-electron chi connectivity index (χ2n) is 6.10. The number of benzene rings is 1. The predicted molar refractivity (Wildman–Crippen MR) is 100 cm³/mol. The van der Waals surface area contributed by atoms with Gasteiger partial charge in [-0.05, 0) is 31.6 Å². The lowest BCUT2D eigenvalue weighted by Crippen LogP contribution is -2.26. The van der Waals surface area contributed by atoms with Crippen LogP contribution in [0.4, 0.5) is 0 Å². The van der Waals surface area contributed by atoms with E-state index in [9.17, 15) is 0 Å². The van der Waals surface area contributed by atoms with Crippen LogP contribution in [-0.2, 0) is 11.9 Å². The maximum atomic E-state index is 5.62. The quantitative estimate of drug-likeness (QED) is 0.512. The van der Waals surface area contributed by atoms with E-state index in [0.29, 0.717) is 6.61 Å². The van der Waals surface area contributed by atoms with Gasteiger partial charge in [-0.25, -0.2) is 0 Å². The van der Waals surface area contributed by atoms with Gasteiger partial charge in [0.15, 0.2) is 0 Å². The second-order valence-corrected chi connectivity index (χ2v) is 6.10. The minimum Gasteiger partial charge on any atom is -0.394 e. The van der Waals surface area contributed by atoms with Crippen LogP contribution in [0.2, 0.25) is 0 Å². The lowest BCUT2D eigenvalue weighted by Gasteiger charge is -2.16. The first kappa shape index (κ1) is 17.4. The largest absolute Gasteiger partial charge is 0.394 e. The molecule has 1 heterocycles. The van der Waals surface area contributed by atoms with E-state index >= 15 is 0 Å². The average Bonchev–Trinajstić information content (AvgIpc) is 2.98. The van der Waals surface area contributed by atoms with Crippen LogP contribution >= 0.6 is 0 Å². The summed E-state index contributed by atoms with van der Waals surface area (Å²) >= 11 is 0. The number of rotatable bonds is 6. The molecular formula is C19H25N5O. The average molecular weight is 339 g/mol. The number of aromatic nitrogens is 3. The van der Waals surface area contributed by atoms with Crippen LogP contribution in [0.3, 0.4) is 0 Å². The van der Waals surface area contributed by atoms with Crippen molar-refractivity contribution in [1.82, 2.24) is 19.9 Å². The van der Waals surface area contributed by atoms with E-state index < -0.39 is 0 Å². The van der Waals surface area contributed by atoms with Gasteiger partial charge in [-0.3, -0.25) is 0 Å². The first-order chi connectivity index (χ1) is 12.1. The minimum atomic E-state index is 0.574. The molecule has 2 aromatic carbocycles. The molecule has 3 rings (SSSR count). The first-order valence-corrected chi connectivity index (χ1v) is 8.76. The molecule has 25 heavy (non-hydrogen) atoms. The Morgan fingerprint density at radius 3 is 2.48 bits per heavy atom. The van der Waals surface area contributed by atoms with E-state index in [0.717, 1.165) is 52.4 Å². The SMILES string of the molecule is CCN(CC)CCO/N=c1/cc(C)c2nn(C)nc2c2ccccc12. The third-order valence-corrected chi connectivity index (χ3v) is 4.45. The van der Waals surface area contributed by atoms with Crippen molar-refractivity contribution in [2.24, 2.45) is 12.2 Å². The Bertz CT molecular complexity index is 944. The van der Waals surface area contributed by atoms with Gasteiger partial charge in [0.2, 0.25) is 0 Å². The fourth-order valence-electron chi connectivity index (χ4n) is 3.02. The van der Waals surface area contributed by atoms with Crippen LogP contribution in [-0.4, -0.2) is 46.1 Å². The summed E-state index contributed by atoms with van der Waals surface area (Å²) in [5.41, 5.74) is 2.81. The van der Waals surface area contributed by atoms with Gasteiger partial charge in [-0.15, -0.1) is 0 Å². The molecule has 132 valence electrons. The molecule has 1 aromatic heterocycles. The van der Waals surface area contributed by atoms with Crippen LogP contribution in [0, 0.1) is 6.92 Å². The fraction of sp³-hybridized carbons (Fsp3) is 0.421. The molecule has 0 aliphatic carbocycles. The molecule has 0 aliphatic rings. The van der Waals surface area contributed by atoms with E-state index in [2.05, 4.69) is 46.2 Å². The summed E-state index contributed by atoms with van der Waals surface area (Å²) in [6.07, 6.45) is 0. The van der Waals surface area contributed by atoms with Gasteiger partial charge in [-0.2, -0.15) is 15.0 Å².